The minimum Gasteiger partial charge on any atom is -0.546 e. The quantitative estimate of drug-likeness (QED) is 0.447. The fraction of sp³-hybridized carbons (Fsp3) is 0.105. The summed E-state index contributed by atoms with van der Waals surface area (Å²) in [5, 5.41) is 23.3. The van der Waals surface area contributed by atoms with Crippen molar-refractivity contribution in [1.82, 2.24) is 20.2 Å². The van der Waals surface area contributed by atoms with Crippen molar-refractivity contribution in [2.75, 3.05) is 11.9 Å². The van der Waals surface area contributed by atoms with Crippen molar-refractivity contribution in [2.45, 2.75) is 6.54 Å². The zero-order chi connectivity index (χ0) is 21.1. The molecule has 2 heterocycles. The maximum absolute atomic E-state index is 10.5. The van der Waals surface area contributed by atoms with Crippen LogP contribution in [0.3, 0.4) is 0 Å². The van der Waals surface area contributed by atoms with Crippen molar-refractivity contribution in [1.29, 1.82) is 0 Å². The highest BCUT2D eigenvalue weighted by Crippen LogP contribution is 2.33. The van der Waals surface area contributed by atoms with Crippen LogP contribution in [0.15, 0.2) is 42.6 Å². The van der Waals surface area contributed by atoms with E-state index in [1.54, 1.807) is 30.3 Å². The summed E-state index contributed by atoms with van der Waals surface area (Å²) >= 11 is 14.0. The number of anilines is 1. The van der Waals surface area contributed by atoms with Crippen LogP contribution in [0.5, 0.6) is 5.75 Å². The first-order valence-corrected chi connectivity index (χ1v) is 10.2. The number of aliphatic carboxylic acids is 1. The van der Waals surface area contributed by atoms with Crippen molar-refractivity contribution in [3.63, 3.8) is 0 Å². The molecule has 4 aromatic rings. The van der Waals surface area contributed by atoms with Crippen LogP contribution in [0.2, 0.25) is 10.0 Å². The molecule has 0 amide bonds. The number of hydrogen-bond donors (Lipinski definition) is 1. The molecule has 0 aliphatic carbocycles. The smallest absolute Gasteiger partial charge is 0.243 e. The summed E-state index contributed by atoms with van der Waals surface area (Å²) in [6.07, 6.45) is 1.49. The van der Waals surface area contributed by atoms with E-state index in [0.29, 0.717) is 45.1 Å². The second-order valence-electron chi connectivity index (χ2n) is 6.01. The Morgan fingerprint density at radius 3 is 2.73 bits per heavy atom. The Morgan fingerprint density at radius 1 is 1.17 bits per heavy atom. The van der Waals surface area contributed by atoms with Crippen LogP contribution in [0.4, 0.5) is 5.95 Å². The molecule has 8 nitrogen and oxygen atoms in total. The summed E-state index contributed by atoms with van der Waals surface area (Å²) in [6, 6.07) is 10.4. The lowest BCUT2D eigenvalue weighted by Gasteiger charge is -2.07. The van der Waals surface area contributed by atoms with Crippen molar-refractivity contribution in [3.05, 3.63) is 57.6 Å². The van der Waals surface area contributed by atoms with Gasteiger partial charge in [-0.1, -0.05) is 29.3 Å². The van der Waals surface area contributed by atoms with Crippen LogP contribution >= 0.6 is 34.5 Å². The summed E-state index contributed by atoms with van der Waals surface area (Å²) in [4.78, 5) is 19.5. The molecule has 0 spiro atoms. The molecule has 0 radical (unpaired) electrons. The van der Waals surface area contributed by atoms with Crippen LogP contribution in [0, 0.1) is 0 Å². The first-order valence-electron chi connectivity index (χ1n) is 8.59. The molecular weight excluding hydrogens is 449 g/mol. The highest BCUT2D eigenvalue weighted by Gasteiger charge is 2.12. The second-order valence-corrected chi connectivity index (χ2v) is 7.94. The van der Waals surface area contributed by atoms with Gasteiger partial charge in [-0.25, -0.2) is 9.97 Å². The average molecular weight is 461 g/mol. The number of nitrogens with zero attached hydrogens (tertiary/aromatic N) is 4. The summed E-state index contributed by atoms with van der Waals surface area (Å²) in [7, 11) is 0. The largest absolute Gasteiger partial charge is 0.546 e. The number of fused-ring (bicyclic) bond motifs is 1. The van der Waals surface area contributed by atoms with Crippen LogP contribution in [-0.2, 0) is 11.3 Å². The Kier molecular flexibility index (Phi) is 5.93. The van der Waals surface area contributed by atoms with Crippen molar-refractivity contribution >= 4 is 56.7 Å². The molecule has 0 saturated carbocycles. The van der Waals surface area contributed by atoms with Gasteiger partial charge in [-0.15, -0.1) is 16.4 Å². The highest BCUT2D eigenvalue weighted by molar-refractivity contribution is 7.18. The van der Waals surface area contributed by atoms with Gasteiger partial charge in [-0.3, -0.25) is 0 Å². The minimum absolute atomic E-state index is 0.306. The number of halogens is 2. The summed E-state index contributed by atoms with van der Waals surface area (Å²) in [6.45, 7) is -0.143. The molecule has 30 heavy (non-hydrogen) atoms. The molecule has 0 atom stereocenters. The highest BCUT2D eigenvalue weighted by atomic mass is 35.5. The molecule has 0 fully saturated rings. The number of benzene rings is 2. The Hall–Kier alpha value is -3.01. The van der Waals surface area contributed by atoms with Crippen LogP contribution in [0.25, 0.3) is 21.5 Å². The topological polar surface area (TPSA) is 113 Å². The Bertz CT molecular complexity index is 1210. The van der Waals surface area contributed by atoms with Gasteiger partial charge in [0.15, 0.2) is 0 Å². The molecule has 0 saturated heterocycles. The third-order valence-electron chi connectivity index (χ3n) is 3.94. The van der Waals surface area contributed by atoms with Gasteiger partial charge in [0.05, 0.1) is 44.7 Å². The van der Waals surface area contributed by atoms with E-state index in [-0.39, 0.29) is 0 Å². The number of rotatable bonds is 7. The van der Waals surface area contributed by atoms with Crippen molar-refractivity contribution in [3.8, 4) is 17.0 Å². The Balaban J connectivity index is 1.49. The van der Waals surface area contributed by atoms with Gasteiger partial charge in [0.25, 0.3) is 0 Å². The van der Waals surface area contributed by atoms with Gasteiger partial charge in [0, 0.05) is 11.6 Å². The number of carboxylic acids is 1. The van der Waals surface area contributed by atoms with Crippen LogP contribution in [0.1, 0.15) is 5.01 Å². The summed E-state index contributed by atoms with van der Waals surface area (Å²) in [5.41, 5.74) is 1.79. The first-order chi connectivity index (χ1) is 14.5. The van der Waals surface area contributed by atoms with E-state index in [2.05, 4.69) is 25.5 Å². The molecule has 0 aliphatic heterocycles. The number of aromatic nitrogens is 4. The molecule has 0 unspecified atom stereocenters. The number of hydrogen-bond acceptors (Lipinski definition) is 9. The van der Waals surface area contributed by atoms with E-state index >= 15 is 0 Å². The second kappa shape index (κ2) is 8.78. The maximum Gasteiger partial charge on any atom is 0.243 e. The number of ether oxygens (including phenoxy) is 1. The molecule has 11 heteroatoms. The lowest BCUT2D eigenvalue weighted by atomic mass is 10.1. The van der Waals surface area contributed by atoms with Gasteiger partial charge in [0.1, 0.15) is 17.4 Å². The summed E-state index contributed by atoms with van der Waals surface area (Å²) < 4.78 is 6.06. The third-order valence-corrected chi connectivity index (χ3v) is 5.60. The van der Waals surface area contributed by atoms with Gasteiger partial charge in [-0.2, -0.15) is 5.10 Å². The first kappa shape index (κ1) is 20.3. The maximum atomic E-state index is 10.5. The van der Waals surface area contributed by atoms with Gasteiger partial charge >= 0.3 is 0 Å². The third kappa shape index (κ3) is 4.59. The summed E-state index contributed by atoms with van der Waals surface area (Å²) in [5.74, 6) is -0.568. The standard InChI is InChI=1S/C19H13Cl2N5O3S/c20-11-2-1-3-12(21)18(11)14-7-23-26-19(25-14)22-8-16-24-13-6-10(29-9-17(27)28)4-5-15(13)30-16/h1-7H,8-9H2,(H,27,28)(H,22,25,26)/p-1. The minimum atomic E-state index is -1.29. The molecule has 0 bridgehead atoms. The average Bonchev–Trinajstić information content (AvgIpc) is 3.13. The van der Waals surface area contributed by atoms with Crippen LogP contribution < -0.4 is 15.2 Å². The van der Waals surface area contributed by atoms with Gasteiger partial charge < -0.3 is 20.0 Å². The van der Waals surface area contributed by atoms with E-state index in [4.69, 9.17) is 27.9 Å². The van der Waals surface area contributed by atoms with E-state index in [1.165, 1.54) is 17.5 Å². The predicted octanol–water partition coefficient (Wildman–Crippen LogP) is 3.20. The molecule has 0 aliphatic rings. The number of thiazole rings is 1. The molecule has 152 valence electrons. The van der Waals surface area contributed by atoms with Crippen molar-refractivity contribution < 1.29 is 14.6 Å². The molecular formula is C19H12Cl2N5O3S-. The molecule has 2 aromatic carbocycles. The van der Waals surface area contributed by atoms with E-state index < -0.39 is 12.6 Å². The van der Waals surface area contributed by atoms with E-state index in [1.807, 2.05) is 6.07 Å². The van der Waals surface area contributed by atoms with Crippen molar-refractivity contribution in [2.24, 2.45) is 0 Å². The van der Waals surface area contributed by atoms with E-state index in [0.717, 1.165) is 9.71 Å². The fourth-order valence-electron chi connectivity index (χ4n) is 2.66. The fourth-order valence-corrected chi connectivity index (χ4v) is 4.14. The van der Waals surface area contributed by atoms with Gasteiger partial charge in [-0.05, 0) is 24.3 Å². The van der Waals surface area contributed by atoms with E-state index in [9.17, 15) is 9.90 Å². The van der Waals surface area contributed by atoms with Gasteiger partial charge in [0.2, 0.25) is 5.95 Å². The number of nitrogens with one attached hydrogen (secondary N) is 1. The monoisotopic (exact) mass is 460 g/mol. The lowest BCUT2D eigenvalue weighted by molar-refractivity contribution is -0.307. The number of carboxylic acid groups (broad SMARTS) is 1. The zero-order valence-electron chi connectivity index (χ0n) is 15.1. The molecule has 2 aromatic heterocycles. The Labute approximate surface area is 184 Å². The Morgan fingerprint density at radius 2 is 1.97 bits per heavy atom. The normalized spacial score (nSPS) is 10.9. The molecule has 4 rings (SSSR count). The van der Waals surface area contributed by atoms with Crippen LogP contribution in [-0.4, -0.2) is 32.7 Å². The zero-order valence-corrected chi connectivity index (χ0v) is 17.5. The predicted molar refractivity (Wildman–Crippen MR) is 113 cm³/mol. The number of carbonyl (C=O) groups is 1. The SMILES string of the molecule is O=C([O-])COc1ccc2sc(CNc3nncc(-c4c(Cl)cccc4Cl)n3)nc2c1. The number of carbonyl (C=O) groups excluding carboxylic acids is 1. The molecule has 1 N–H and O–H groups in total. The lowest BCUT2D eigenvalue weighted by Crippen LogP contribution is -2.28.